The Morgan fingerprint density at radius 3 is 1.43 bits per heavy atom. The highest BCUT2D eigenvalue weighted by atomic mass is 79.9. The number of ether oxygens (including phenoxy) is 2. The molecule has 372 valence electrons. The van der Waals surface area contributed by atoms with E-state index in [1.807, 2.05) is 48.7 Å². The third kappa shape index (κ3) is 13.8. The van der Waals surface area contributed by atoms with Gasteiger partial charge in [0.15, 0.2) is 6.29 Å². The number of halogens is 4. The zero-order chi connectivity index (χ0) is 51.0. The maximum atomic E-state index is 11.4. The second-order valence-electron chi connectivity index (χ2n) is 17.7. The smallest absolute Gasteiger partial charge is 0.229 e. The van der Waals surface area contributed by atoms with Gasteiger partial charge in [-0.2, -0.15) is 0 Å². The van der Waals surface area contributed by atoms with Crippen molar-refractivity contribution >= 4 is 141 Å². The van der Waals surface area contributed by atoms with E-state index in [1.165, 1.54) is 68.6 Å². The summed E-state index contributed by atoms with van der Waals surface area (Å²) in [7, 11) is 0. The lowest BCUT2D eigenvalue weighted by atomic mass is 9.99. The highest BCUT2D eigenvalue weighted by Gasteiger charge is 2.16. The molecule has 0 atom stereocenters. The number of rotatable bonds is 19. The van der Waals surface area contributed by atoms with E-state index >= 15 is 0 Å². The summed E-state index contributed by atoms with van der Waals surface area (Å²) in [5, 5.41) is 8.73. The Hall–Kier alpha value is -5.40. The summed E-state index contributed by atoms with van der Waals surface area (Å²) in [6.45, 7) is 5.76. The van der Waals surface area contributed by atoms with Crippen LogP contribution in [0.3, 0.4) is 0 Å². The molecule has 72 heavy (non-hydrogen) atoms. The number of anilines is 2. The van der Waals surface area contributed by atoms with E-state index < -0.39 is 5.78 Å². The number of para-hydroxylation sites is 2. The molecule has 8 nitrogen and oxygen atoms in total. The Morgan fingerprint density at radius 2 is 0.917 bits per heavy atom. The molecule has 12 heteroatoms. The van der Waals surface area contributed by atoms with Crippen LogP contribution < -0.4 is 20.9 Å². The van der Waals surface area contributed by atoms with E-state index in [-0.39, 0.29) is 0 Å². The Balaban J connectivity index is 0.000000174. The molecule has 0 radical (unpaired) electrons. The van der Waals surface area contributed by atoms with Crippen molar-refractivity contribution in [2.24, 2.45) is 0 Å². The van der Waals surface area contributed by atoms with Crippen molar-refractivity contribution in [2.75, 3.05) is 24.7 Å². The molecule has 1 heterocycles. The van der Waals surface area contributed by atoms with Gasteiger partial charge in [-0.3, -0.25) is 14.6 Å². The molecule has 8 aromatic carbocycles. The first-order chi connectivity index (χ1) is 35.0. The maximum Gasteiger partial charge on any atom is 0.229 e. The van der Waals surface area contributed by atoms with Crippen molar-refractivity contribution in [3.05, 3.63) is 151 Å². The number of aromatic nitrogens is 2. The van der Waals surface area contributed by atoms with Crippen LogP contribution >= 0.6 is 63.7 Å². The van der Waals surface area contributed by atoms with E-state index in [9.17, 15) is 9.59 Å². The second kappa shape index (κ2) is 27.1. The molecule has 0 amide bonds. The number of hydrogen-bond acceptors (Lipinski definition) is 8. The van der Waals surface area contributed by atoms with Crippen LogP contribution in [0.2, 0.25) is 0 Å². The van der Waals surface area contributed by atoms with Crippen LogP contribution in [0.1, 0.15) is 101 Å². The van der Waals surface area contributed by atoms with Crippen molar-refractivity contribution in [2.45, 2.75) is 90.9 Å². The number of carbonyl (C=O) groups is 2. The average Bonchev–Trinajstić information content (AvgIpc) is 3.40. The fraction of sp³-hybridized carbons (Fsp3) is 0.267. The second-order valence-corrected chi connectivity index (χ2v) is 21.4. The van der Waals surface area contributed by atoms with E-state index in [1.54, 1.807) is 24.3 Å². The molecule has 0 aliphatic carbocycles. The number of nitrogens with two attached hydrogens (primary N) is 2. The first-order valence-corrected chi connectivity index (χ1v) is 28.0. The van der Waals surface area contributed by atoms with Gasteiger partial charge in [-0.1, -0.05) is 190 Å². The molecule has 0 aliphatic rings. The highest BCUT2D eigenvalue weighted by Crippen LogP contribution is 2.40. The number of nitrogens with zero attached hydrogens (tertiary/aromatic N) is 2. The molecule has 0 fully saturated rings. The van der Waals surface area contributed by atoms with Crippen molar-refractivity contribution in [3.8, 4) is 22.8 Å². The minimum atomic E-state index is -0.529. The first kappa shape index (κ1) is 54.4. The Bertz CT molecular complexity index is 3260. The number of aldehydes is 1. The maximum absolute atomic E-state index is 11.4. The summed E-state index contributed by atoms with van der Waals surface area (Å²) in [5.74, 6) is 0.843. The van der Waals surface area contributed by atoms with Gasteiger partial charge < -0.3 is 20.9 Å². The summed E-state index contributed by atoms with van der Waals surface area (Å²) in [6.07, 6.45) is 16.8. The zero-order valence-corrected chi connectivity index (χ0v) is 47.1. The number of unbranched alkanes of at least 4 members (excludes halogenated alkanes) is 10. The van der Waals surface area contributed by atoms with Crippen LogP contribution in [0.15, 0.2) is 145 Å². The van der Waals surface area contributed by atoms with E-state index in [4.69, 9.17) is 30.9 Å². The molecule has 0 bridgehead atoms. The van der Waals surface area contributed by atoms with Crippen LogP contribution in [0, 0.1) is 0 Å². The zero-order valence-electron chi connectivity index (χ0n) is 40.8. The van der Waals surface area contributed by atoms with Gasteiger partial charge in [-0.15, -0.1) is 0 Å². The fourth-order valence-corrected chi connectivity index (χ4v) is 10.3. The largest absolute Gasteiger partial charge is 0.493 e. The predicted molar refractivity (Wildman–Crippen MR) is 316 cm³/mol. The first-order valence-electron chi connectivity index (χ1n) is 24.8. The van der Waals surface area contributed by atoms with Gasteiger partial charge in [0.1, 0.15) is 11.5 Å². The quantitative estimate of drug-likeness (QED) is 0.0156. The van der Waals surface area contributed by atoms with Crippen molar-refractivity contribution in [1.29, 1.82) is 0 Å². The van der Waals surface area contributed by atoms with Gasteiger partial charge >= 0.3 is 0 Å². The van der Waals surface area contributed by atoms with Crippen LogP contribution in [-0.2, 0) is 4.79 Å². The molecule has 9 rings (SSSR count). The van der Waals surface area contributed by atoms with E-state index in [2.05, 4.69) is 132 Å². The summed E-state index contributed by atoms with van der Waals surface area (Å²) in [6, 6.07) is 39.9. The number of benzene rings is 8. The van der Waals surface area contributed by atoms with Crippen LogP contribution in [0.5, 0.6) is 11.5 Å². The summed E-state index contributed by atoms with van der Waals surface area (Å²) in [4.78, 5) is 32.0. The summed E-state index contributed by atoms with van der Waals surface area (Å²) >= 11 is 14.2. The van der Waals surface area contributed by atoms with Gasteiger partial charge in [-0.25, -0.2) is 4.98 Å². The lowest BCUT2D eigenvalue weighted by Crippen LogP contribution is -2.05. The normalized spacial score (nSPS) is 11.1. The summed E-state index contributed by atoms with van der Waals surface area (Å²) < 4.78 is 15.9. The van der Waals surface area contributed by atoms with Gasteiger partial charge in [0, 0.05) is 45.0 Å². The number of ketones is 1. The van der Waals surface area contributed by atoms with Gasteiger partial charge in [0.05, 0.1) is 53.1 Å². The third-order valence-corrected chi connectivity index (χ3v) is 14.6. The lowest BCUT2D eigenvalue weighted by molar-refractivity contribution is -0.104. The van der Waals surface area contributed by atoms with Crippen molar-refractivity contribution in [3.63, 3.8) is 0 Å². The molecule has 1 aromatic heterocycles. The number of carbonyl (C=O) groups excluding carboxylic acids is 2. The monoisotopic (exact) mass is 1220 g/mol. The minimum Gasteiger partial charge on any atom is -0.493 e. The van der Waals surface area contributed by atoms with Crippen LogP contribution in [-0.4, -0.2) is 35.3 Å². The van der Waals surface area contributed by atoms with Crippen molar-refractivity contribution < 1.29 is 19.1 Å². The number of hydrogen-bond donors (Lipinski definition) is 2. The van der Waals surface area contributed by atoms with Gasteiger partial charge in [0.25, 0.3) is 0 Å². The predicted octanol–water partition coefficient (Wildman–Crippen LogP) is 18.4. The standard InChI is InChI=1S/C30H28Br2N2O.C16H22O3.C14H10Br2N2/c1-2-3-4-5-6-9-16-35-28-11-8-7-10-24(28)27-19-33-29-25-17-20(31)12-14-22(25)23-15-13-21(32)18-26(23)30(29)34-27;1-2-3-4-5-6-9-12-19-16-11-8-7-10-14(16)15(18)13-17;15-7-1-3-9-10-4-2-8(16)6-12(10)14(18)13(17)11(9)5-7/h7-8,10-15,17-19H,2-6,9,16H2,1H3;7-8,10-11,13H,2-6,9,12H2,1H3;1-6H,17-18H2. The topological polar surface area (TPSA) is 130 Å². The molecule has 0 saturated heterocycles. The van der Waals surface area contributed by atoms with Crippen LogP contribution in [0.25, 0.3) is 65.4 Å². The van der Waals surface area contributed by atoms with Crippen molar-refractivity contribution in [1.82, 2.24) is 9.97 Å². The molecule has 0 unspecified atom stereocenters. The van der Waals surface area contributed by atoms with Gasteiger partial charge in [-0.05, 0) is 107 Å². The molecular formula is C60H60Br4N4O4. The molecule has 0 spiro atoms. The molecule has 0 saturated carbocycles. The Morgan fingerprint density at radius 1 is 0.500 bits per heavy atom. The minimum absolute atomic E-state index is 0.326. The SMILES string of the molecule is CCCCCCCCOc1ccccc1-c1cnc2c3cc(Br)ccc3c3ccc(Br)cc3c2n1.CCCCCCCCOc1ccccc1C(=O)C=O.Nc1c(N)c2cc(Br)ccc2c2ccc(Br)cc12. The number of Topliss-reactive ketones (excluding diaryl/α,β-unsaturated/α-hetero) is 1. The highest BCUT2D eigenvalue weighted by molar-refractivity contribution is 9.11. The molecule has 4 N–H and O–H groups in total. The molecular weight excluding hydrogens is 1160 g/mol. The molecule has 0 aliphatic heterocycles. The van der Waals surface area contributed by atoms with Crippen LogP contribution in [0.4, 0.5) is 11.4 Å². The number of nitrogen functional groups attached to an aromatic ring is 2. The average molecular weight is 1220 g/mol. The van der Waals surface area contributed by atoms with E-state index in [0.29, 0.717) is 35.6 Å². The Kier molecular flexibility index (Phi) is 20.4. The van der Waals surface area contributed by atoms with E-state index in [0.717, 1.165) is 104 Å². The lowest BCUT2D eigenvalue weighted by Gasteiger charge is -2.13. The third-order valence-electron chi connectivity index (χ3n) is 12.6. The fourth-order valence-electron chi connectivity index (χ4n) is 8.83. The number of fused-ring (bicyclic) bond motifs is 9. The molecule has 9 aromatic rings. The van der Waals surface area contributed by atoms with Gasteiger partial charge in [0.2, 0.25) is 5.78 Å². The summed E-state index contributed by atoms with van der Waals surface area (Å²) in [5.41, 5.74) is 17.5. The Labute approximate surface area is 456 Å².